The Morgan fingerprint density at radius 3 is 2.71 bits per heavy atom. The third-order valence-electron chi connectivity index (χ3n) is 5.81. The fourth-order valence-corrected chi connectivity index (χ4v) is 4.09. The second kappa shape index (κ2) is 7.95. The molecule has 0 radical (unpaired) electrons. The standard InChI is InChI=1S/C20H29N7O4/c1-20(2,3)16(27-10-14(24-25-27)11-4-5-11)18(30)26-9-13(28)6-15(26)17(29)21-7-12-8-22-19(31)23-12/h8,10-11,13,15-16,28H,4-7,9H2,1-3H3,(H,21,29)(H2,22,23,31)/t13-,15+,16-/m1/s1. The molecular weight excluding hydrogens is 402 g/mol. The molecule has 3 heterocycles. The van der Waals surface area contributed by atoms with Gasteiger partial charge >= 0.3 is 5.69 Å². The van der Waals surface area contributed by atoms with E-state index in [2.05, 4.69) is 25.6 Å². The van der Waals surface area contributed by atoms with Crippen LogP contribution in [0.15, 0.2) is 17.2 Å². The highest BCUT2D eigenvalue weighted by Crippen LogP contribution is 2.40. The summed E-state index contributed by atoms with van der Waals surface area (Å²) < 4.78 is 1.60. The van der Waals surface area contributed by atoms with Crippen molar-refractivity contribution in [3.8, 4) is 0 Å². The Kier molecular flexibility index (Phi) is 5.46. The number of nitrogens with zero attached hydrogens (tertiary/aromatic N) is 4. The number of nitrogens with one attached hydrogen (secondary N) is 3. The first-order chi connectivity index (χ1) is 14.6. The van der Waals surface area contributed by atoms with E-state index in [0.29, 0.717) is 11.6 Å². The Bertz CT molecular complexity index is 1010. The van der Waals surface area contributed by atoms with Crippen LogP contribution in [0.4, 0.5) is 0 Å². The van der Waals surface area contributed by atoms with Gasteiger partial charge in [0.2, 0.25) is 11.8 Å². The van der Waals surface area contributed by atoms with Crippen molar-refractivity contribution >= 4 is 11.8 Å². The van der Waals surface area contributed by atoms with Crippen LogP contribution in [0.1, 0.15) is 63.4 Å². The Balaban J connectivity index is 1.52. The Morgan fingerprint density at radius 1 is 1.35 bits per heavy atom. The molecule has 0 aromatic carbocycles. The molecule has 3 atom stereocenters. The third kappa shape index (κ3) is 4.55. The van der Waals surface area contributed by atoms with E-state index in [9.17, 15) is 19.5 Å². The van der Waals surface area contributed by atoms with Crippen molar-refractivity contribution in [1.82, 2.24) is 35.2 Å². The lowest BCUT2D eigenvalue weighted by molar-refractivity contribution is -0.144. The van der Waals surface area contributed by atoms with E-state index < -0.39 is 23.6 Å². The van der Waals surface area contributed by atoms with Crippen molar-refractivity contribution in [2.45, 2.75) is 70.7 Å². The second-order valence-corrected chi connectivity index (χ2v) is 9.55. The zero-order valence-electron chi connectivity index (χ0n) is 18.0. The molecule has 4 N–H and O–H groups in total. The maximum Gasteiger partial charge on any atom is 0.323 e. The predicted molar refractivity (Wildman–Crippen MR) is 110 cm³/mol. The van der Waals surface area contributed by atoms with Gasteiger partial charge in [-0.3, -0.25) is 9.59 Å². The van der Waals surface area contributed by atoms with Crippen molar-refractivity contribution in [2.24, 2.45) is 5.41 Å². The van der Waals surface area contributed by atoms with Gasteiger partial charge in [0, 0.05) is 31.3 Å². The smallest absolute Gasteiger partial charge is 0.323 e. The monoisotopic (exact) mass is 431 g/mol. The molecule has 4 rings (SSSR count). The molecule has 2 amide bonds. The largest absolute Gasteiger partial charge is 0.391 e. The molecule has 11 nitrogen and oxygen atoms in total. The molecule has 2 fully saturated rings. The number of aliphatic hydroxyl groups excluding tert-OH is 1. The number of imidazole rings is 1. The summed E-state index contributed by atoms with van der Waals surface area (Å²) in [6, 6.07) is -1.46. The summed E-state index contributed by atoms with van der Waals surface area (Å²) in [5.74, 6) is -0.236. The average molecular weight is 431 g/mol. The van der Waals surface area contributed by atoms with E-state index in [4.69, 9.17) is 0 Å². The SMILES string of the molecule is CC(C)(C)[C@@H](C(=O)N1C[C@H](O)C[C@H]1C(=O)NCc1c[nH]c(=O)[nH]1)n1cc(C2CC2)nn1. The zero-order chi connectivity index (χ0) is 22.3. The normalized spacial score (nSPS) is 22.5. The second-order valence-electron chi connectivity index (χ2n) is 9.55. The Morgan fingerprint density at radius 2 is 2.10 bits per heavy atom. The summed E-state index contributed by atoms with van der Waals surface area (Å²) in [6.45, 7) is 6.02. The molecule has 0 spiro atoms. The van der Waals surface area contributed by atoms with Crippen LogP contribution in [0.3, 0.4) is 0 Å². The highest BCUT2D eigenvalue weighted by Gasteiger charge is 2.45. The predicted octanol–water partition coefficient (Wildman–Crippen LogP) is 0.0373. The number of carbonyl (C=O) groups is 2. The lowest BCUT2D eigenvalue weighted by Gasteiger charge is -2.34. The summed E-state index contributed by atoms with van der Waals surface area (Å²) in [7, 11) is 0. The summed E-state index contributed by atoms with van der Waals surface area (Å²) in [4.78, 5) is 44.1. The van der Waals surface area contributed by atoms with E-state index in [1.165, 1.54) is 11.1 Å². The molecule has 2 aromatic rings. The van der Waals surface area contributed by atoms with Gasteiger partial charge in [-0.05, 0) is 18.3 Å². The van der Waals surface area contributed by atoms with E-state index in [1.54, 1.807) is 4.68 Å². The number of aliphatic hydroxyl groups is 1. The molecule has 1 aliphatic carbocycles. The first-order valence-corrected chi connectivity index (χ1v) is 10.6. The highest BCUT2D eigenvalue weighted by molar-refractivity contribution is 5.90. The van der Waals surface area contributed by atoms with Crippen molar-refractivity contribution < 1.29 is 14.7 Å². The van der Waals surface area contributed by atoms with Crippen molar-refractivity contribution in [3.05, 3.63) is 34.3 Å². The van der Waals surface area contributed by atoms with Crippen LogP contribution >= 0.6 is 0 Å². The van der Waals surface area contributed by atoms with E-state index in [1.807, 2.05) is 27.0 Å². The van der Waals surface area contributed by atoms with Gasteiger partial charge in [-0.15, -0.1) is 5.10 Å². The number of carbonyl (C=O) groups excluding carboxylic acids is 2. The molecule has 2 aliphatic rings. The van der Waals surface area contributed by atoms with Gasteiger partial charge in [0.15, 0.2) is 0 Å². The van der Waals surface area contributed by atoms with Crippen molar-refractivity contribution in [3.63, 3.8) is 0 Å². The van der Waals surface area contributed by atoms with Crippen molar-refractivity contribution in [1.29, 1.82) is 0 Å². The van der Waals surface area contributed by atoms with Gasteiger partial charge in [0.1, 0.15) is 12.1 Å². The van der Waals surface area contributed by atoms with Gasteiger partial charge in [-0.25, -0.2) is 9.48 Å². The lowest BCUT2D eigenvalue weighted by atomic mass is 9.85. The summed E-state index contributed by atoms with van der Waals surface area (Å²) in [6.07, 6.45) is 4.84. The topological polar surface area (TPSA) is 149 Å². The average Bonchev–Trinajstić information content (AvgIpc) is 3.08. The van der Waals surface area contributed by atoms with Crippen molar-refractivity contribution in [2.75, 3.05) is 6.54 Å². The summed E-state index contributed by atoms with van der Waals surface area (Å²) >= 11 is 0. The molecule has 11 heteroatoms. The van der Waals surface area contributed by atoms with Crippen LogP contribution in [0.2, 0.25) is 0 Å². The van der Waals surface area contributed by atoms with E-state index in [-0.39, 0.29) is 37.0 Å². The number of H-pyrrole nitrogens is 2. The van der Waals surface area contributed by atoms with Gasteiger partial charge < -0.3 is 25.3 Å². The number of hydrogen-bond donors (Lipinski definition) is 4. The third-order valence-corrected chi connectivity index (χ3v) is 5.81. The number of likely N-dealkylation sites (tertiary alicyclic amines) is 1. The quantitative estimate of drug-likeness (QED) is 0.507. The first kappa shape index (κ1) is 21.3. The minimum Gasteiger partial charge on any atom is -0.391 e. The molecule has 31 heavy (non-hydrogen) atoms. The number of hydrogen-bond acceptors (Lipinski definition) is 6. The fraction of sp³-hybridized carbons (Fsp3) is 0.650. The molecule has 0 unspecified atom stereocenters. The van der Waals surface area contributed by atoms with E-state index >= 15 is 0 Å². The number of β-amino-alcohol motifs (C(OH)–C–C–N with tert-alkyl or cyclic N) is 1. The summed E-state index contributed by atoms with van der Waals surface area (Å²) in [5, 5.41) is 21.4. The highest BCUT2D eigenvalue weighted by atomic mass is 16.3. The van der Waals surface area contributed by atoms with Gasteiger partial charge in [0.05, 0.1) is 24.0 Å². The lowest BCUT2D eigenvalue weighted by Crippen LogP contribution is -2.50. The van der Waals surface area contributed by atoms with Crippen LogP contribution in [-0.2, 0) is 16.1 Å². The molecule has 1 aliphatic heterocycles. The van der Waals surface area contributed by atoms with E-state index in [0.717, 1.165) is 18.5 Å². The maximum absolute atomic E-state index is 13.6. The Hall–Kier alpha value is -2.95. The Labute approximate surface area is 179 Å². The molecule has 1 saturated heterocycles. The molecule has 0 bridgehead atoms. The molecule has 2 aromatic heterocycles. The van der Waals surface area contributed by atoms with Gasteiger partial charge in [-0.1, -0.05) is 26.0 Å². The minimum atomic E-state index is -0.801. The number of rotatable bonds is 6. The first-order valence-electron chi connectivity index (χ1n) is 10.6. The number of aromatic nitrogens is 5. The number of aromatic amines is 2. The molecular formula is C20H29N7O4. The van der Waals surface area contributed by atoms with Crippen LogP contribution in [0.25, 0.3) is 0 Å². The van der Waals surface area contributed by atoms with Crippen LogP contribution < -0.4 is 11.0 Å². The maximum atomic E-state index is 13.6. The van der Waals surface area contributed by atoms with Crippen LogP contribution in [-0.4, -0.2) is 65.5 Å². The van der Waals surface area contributed by atoms with Crippen LogP contribution in [0, 0.1) is 5.41 Å². The molecule has 1 saturated carbocycles. The summed E-state index contributed by atoms with van der Waals surface area (Å²) in [5.41, 5.74) is 0.574. The minimum absolute atomic E-state index is 0.0780. The molecule has 168 valence electrons. The fourth-order valence-electron chi connectivity index (χ4n) is 4.09. The number of amides is 2. The van der Waals surface area contributed by atoms with Crippen LogP contribution in [0.5, 0.6) is 0 Å². The van der Waals surface area contributed by atoms with Gasteiger partial charge in [0.25, 0.3) is 0 Å². The zero-order valence-corrected chi connectivity index (χ0v) is 18.0. The van der Waals surface area contributed by atoms with Gasteiger partial charge in [-0.2, -0.15) is 0 Å².